The number of halogens is 1. The molecule has 0 bridgehead atoms. The highest BCUT2D eigenvalue weighted by atomic mass is 35.5. The lowest BCUT2D eigenvalue weighted by atomic mass is 10.2. The van der Waals surface area contributed by atoms with Crippen LogP contribution in [0.2, 0.25) is 5.02 Å². The highest BCUT2D eigenvalue weighted by Gasteiger charge is 2.02. The van der Waals surface area contributed by atoms with E-state index in [1.54, 1.807) is 10.7 Å². The Morgan fingerprint density at radius 3 is 2.90 bits per heavy atom. The van der Waals surface area contributed by atoms with E-state index in [1.807, 2.05) is 36.5 Å². The molecule has 0 aliphatic heterocycles. The van der Waals surface area contributed by atoms with E-state index in [2.05, 4.69) is 26.9 Å². The minimum absolute atomic E-state index is 0.598. The van der Waals surface area contributed by atoms with Crippen LogP contribution < -0.4 is 0 Å². The van der Waals surface area contributed by atoms with Crippen LogP contribution in [0.25, 0.3) is 5.78 Å². The van der Waals surface area contributed by atoms with Gasteiger partial charge >= 0.3 is 0 Å². The maximum Gasteiger partial charge on any atom is 0.253 e. The van der Waals surface area contributed by atoms with Crippen LogP contribution in [-0.4, -0.2) is 25.3 Å². The SMILES string of the molecule is Clc1ccc(C#CCSc2nc3ncccn3n2)cc1. The first-order chi connectivity index (χ1) is 9.81. The van der Waals surface area contributed by atoms with Gasteiger partial charge in [0.25, 0.3) is 5.78 Å². The van der Waals surface area contributed by atoms with Gasteiger partial charge in [0.05, 0.1) is 5.75 Å². The molecule has 0 radical (unpaired) electrons. The quantitative estimate of drug-likeness (QED) is 0.539. The predicted octanol–water partition coefficient (Wildman–Crippen LogP) is 2.92. The molecule has 6 heteroatoms. The molecule has 0 fully saturated rings. The van der Waals surface area contributed by atoms with E-state index in [1.165, 1.54) is 11.8 Å². The fraction of sp³-hybridized carbons (Fsp3) is 0.0714. The Morgan fingerprint density at radius 1 is 1.25 bits per heavy atom. The average Bonchev–Trinajstić information content (AvgIpc) is 2.88. The van der Waals surface area contributed by atoms with Gasteiger partial charge in [-0.15, -0.1) is 5.10 Å². The summed E-state index contributed by atoms with van der Waals surface area (Å²) >= 11 is 7.30. The molecule has 0 saturated heterocycles. The zero-order valence-corrected chi connectivity index (χ0v) is 11.9. The van der Waals surface area contributed by atoms with E-state index >= 15 is 0 Å². The molecule has 2 heterocycles. The van der Waals surface area contributed by atoms with Crippen LogP contribution in [0.4, 0.5) is 0 Å². The molecule has 0 unspecified atom stereocenters. The van der Waals surface area contributed by atoms with E-state index in [0.717, 1.165) is 5.56 Å². The molecule has 3 aromatic rings. The molecule has 0 atom stereocenters. The molecule has 0 amide bonds. The molecule has 0 spiro atoms. The van der Waals surface area contributed by atoms with Crippen LogP contribution in [0.15, 0.2) is 47.9 Å². The Kier molecular flexibility index (Phi) is 3.86. The molecular formula is C14H9ClN4S. The summed E-state index contributed by atoms with van der Waals surface area (Å²) in [5.41, 5.74) is 0.944. The minimum Gasteiger partial charge on any atom is -0.220 e. The van der Waals surface area contributed by atoms with Crippen LogP contribution in [-0.2, 0) is 0 Å². The number of rotatable bonds is 2. The monoisotopic (exact) mass is 300 g/mol. The molecule has 1 aromatic carbocycles. The van der Waals surface area contributed by atoms with Crippen molar-refractivity contribution in [3.63, 3.8) is 0 Å². The second-order valence-corrected chi connectivity index (χ2v) is 5.23. The largest absolute Gasteiger partial charge is 0.253 e. The third-order valence-electron chi connectivity index (χ3n) is 2.45. The molecule has 20 heavy (non-hydrogen) atoms. The van der Waals surface area contributed by atoms with Crippen LogP contribution >= 0.6 is 23.4 Å². The second kappa shape index (κ2) is 5.95. The van der Waals surface area contributed by atoms with Gasteiger partial charge in [0.2, 0.25) is 5.16 Å². The zero-order chi connectivity index (χ0) is 13.8. The Labute approximate surface area is 125 Å². The van der Waals surface area contributed by atoms with Gasteiger partial charge in [-0.1, -0.05) is 35.2 Å². The van der Waals surface area contributed by atoms with Crippen LogP contribution in [0.3, 0.4) is 0 Å². The summed E-state index contributed by atoms with van der Waals surface area (Å²) in [7, 11) is 0. The number of hydrogen-bond donors (Lipinski definition) is 0. The molecule has 0 N–H and O–H groups in total. The number of benzene rings is 1. The highest BCUT2D eigenvalue weighted by Crippen LogP contribution is 2.13. The van der Waals surface area contributed by atoms with E-state index in [0.29, 0.717) is 21.7 Å². The van der Waals surface area contributed by atoms with Crippen molar-refractivity contribution in [2.24, 2.45) is 0 Å². The lowest BCUT2D eigenvalue weighted by Crippen LogP contribution is -1.87. The lowest BCUT2D eigenvalue weighted by Gasteiger charge is -1.90. The summed E-state index contributed by atoms with van der Waals surface area (Å²) in [6.07, 6.45) is 3.51. The van der Waals surface area contributed by atoms with Gasteiger partial charge in [-0.3, -0.25) is 0 Å². The Balaban J connectivity index is 1.64. The summed E-state index contributed by atoms with van der Waals surface area (Å²) in [5.74, 6) is 7.36. The first kappa shape index (κ1) is 13.0. The third kappa shape index (κ3) is 3.10. The molecule has 0 aliphatic rings. The van der Waals surface area contributed by atoms with Crippen molar-refractivity contribution in [3.05, 3.63) is 53.3 Å². The normalized spacial score (nSPS) is 10.2. The number of hydrogen-bond acceptors (Lipinski definition) is 4. The minimum atomic E-state index is 0.598. The molecule has 0 saturated carbocycles. The van der Waals surface area contributed by atoms with Gasteiger partial charge in [0.1, 0.15) is 0 Å². The first-order valence-electron chi connectivity index (χ1n) is 5.86. The van der Waals surface area contributed by atoms with Crippen molar-refractivity contribution in [2.45, 2.75) is 5.16 Å². The smallest absolute Gasteiger partial charge is 0.220 e. The highest BCUT2D eigenvalue weighted by molar-refractivity contribution is 7.99. The van der Waals surface area contributed by atoms with Crippen molar-refractivity contribution in [3.8, 4) is 11.8 Å². The van der Waals surface area contributed by atoms with Crippen molar-refractivity contribution >= 4 is 29.1 Å². The third-order valence-corrected chi connectivity index (χ3v) is 3.42. The van der Waals surface area contributed by atoms with Crippen molar-refractivity contribution in [2.75, 3.05) is 5.75 Å². The van der Waals surface area contributed by atoms with Gasteiger partial charge < -0.3 is 0 Å². The Morgan fingerprint density at radius 2 is 2.10 bits per heavy atom. The number of fused-ring (bicyclic) bond motifs is 1. The average molecular weight is 301 g/mol. The lowest BCUT2D eigenvalue weighted by molar-refractivity contribution is 0.880. The summed E-state index contributed by atoms with van der Waals surface area (Å²) < 4.78 is 1.65. The summed E-state index contributed by atoms with van der Waals surface area (Å²) in [6.45, 7) is 0. The van der Waals surface area contributed by atoms with Crippen LogP contribution in [0, 0.1) is 11.8 Å². The van der Waals surface area contributed by atoms with Crippen molar-refractivity contribution in [1.82, 2.24) is 19.6 Å². The van der Waals surface area contributed by atoms with E-state index < -0.39 is 0 Å². The van der Waals surface area contributed by atoms with Crippen LogP contribution in [0.1, 0.15) is 5.56 Å². The van der Waals surface area contributed by atoms with E-state index in [-0.39, 0.29) is 0 Å². The molecule has 4 nitrogen and oxygen atoms in total. The Bertz CT molecular complexity index is 753. The van der Waals surface area contributed by atoms with Crippen LogP contribution in [0.5, 0.6) is 0 Å². The summed E-state index contributed by atoms with van der Waals surface area (Å²) in [4.78, 5) is 8.40. The molecule has 3 rings (SSSR count). The van der Waals surface area contributed by atoms with Gasteiger partial charge in [-0.05, 0) is 30.3 Å². The van der Waals surface area contributed by atoms with E-state index in [4.69, 9.17) is 11.6 Å². The molecule has 98 valence electrons. The van der Waals surface area contributed by atoms with E-state index in [9.17, 15) is 0 Å². The zero-order valence-electron chi connectivity index (χ0n) is 10.3. The van der Waals surface area contributed by atoms with Gasteiger partial charge in [-0.25, -0.2) is 9.50 Å². The topological polar surface area (TPSA) is 43.1 Å². The van der Waals surface area contributed by atoms with Crippen molar-refractivity contribution < 1.29 is 0 Å². The molecular weight excluding hydrogens is 292 g/mol. The first-order valence-corrected chi connectivity index (χ1v) is 7.22. The van der Waals surface area contributed by atoms with Crippen molar-refractivity contribution in [1.29, 1.82) is 0 Å². The fourth-order valence-electron chi connectivity index (χ4n) is 1.55. The number of thioether (sulfide) groups is 1. The fourth-order valence-corrected chi connectivity index (χ4v) is 2.24. The number of nitrogens with zero attached hydrogens (tertiary/aromatic N) is 4. The maximum absolute atomic E-state index is 5.81. The van der Waals surface area contributed by atoms with Gasteiger partial charge in [-0.2, -0.15) is 4.98 Å². The summed E-state index contributed by atoms with van der Waals surface area (Å²) in [6, 6.07) is 9.26. The van der Waals surface area contributed by atoms with Gasteiger partial charge in [0, 0.05) is 23.0 Å². The Hall–Kier alpha value is -2.03. The molecule has 0 aliphatic carbocycles. The summed E-state index contributed by atoms with van der Waals surface area (Å²) in [5, 5.41) is 5.68. The van der Waals surface area contributed by atoms with Gasteiger partial charge in [0.15, 0.2) is 0 Å². The second-order valence-electron chi connectivity index (χ2n) is 3.86. The number of aromatic nitrogens is 4. The molecule has 2 aromatic heterocycles. The standard InChI is InChI=1S/C14H9ClN4S/c15-12-6-4-11(5-7-12)3-1-10-20-14-17-13-16-8-2-9-19(13)18-14/h2,4-9H,10H2. The maximum atomic E-state index is 5.81. The predicted molar refractivity (Wildman–Crippen MR) is 79.8 cm³/mol.